The Balaban J connectivity index is 1.83. The number of aliphatic hydroxyl groups excluding tert-OH is 2. The summed E-state index contributed by atoms with van der Waals surface area (Å²) in [5.41, 5.74) is -1.68. The summed E-state index contributed by atoms with van der Waals surface area (Å²) >= 11 is 0. The fraction of sp³-hybridized carbons (Fsp3) is 0.472. The van der Waals surface area contributed by atoms with Crippen LogP contribution in [0, 0.1) is 22.7 Å². The van der Waals surface area contributed by atoms with Gasteiger partial charge in [0.1, 0.15) is 22.8 Å². The summed E-state index contributed by atoms with van der Waals surface area (Å²) in [6, 6.07) is 9.74. The Morgan fingerprint density at radius 2 is 1.63 bits per heavy atom. The number of aromatic hydroxyl groups is 1. The van der Waals surface area contributed by atoms with Gasteiger partial charge in [0, 0.05) is 27.9 Å². The average Bonchev–Trinajstić information content (AvgIpc) is 2.90. The van der Waals surface area contributed by atoms with Crippen molar-refractivity contribution in [3.8, 4) is 16.9 Å². The first-order chi connectivity index (χ1) is 20.0. The molecule has 4 atom stereocenters. The van der Waals surface area contributed by atoms with Gasteiger partial charge in [0.25, 0.3) is 0 Å². The number of hydrogen-bond acceptors (Lipinski definition) is 7. The lowest BCUT2D eigenvalue weighted by atomic mass is 9.43. The third kappa shape index (κ3) is 4.00. The van der Waals surface area contributed by atoms with Gasteiger partial charge in [0.2, 0.25) is 5.78 Å². The molecule has 0 spiro atoms. The molecule has 4 N–H and O–H groups in total. The SMILES string of the molecule is CCc1ccc(-c2cc(C(C)C)c3c(c2O)C(O)=C2C(=O)[C@@]4(O)C(O)=C(C(C)=O)C(=O)C(C(C)C)[C@@]4(C)C[C@@]2(C)C3)cc1. The number of phenolic OH excluding ortho intramolecular Hbond substituents is 1. The molecular weight excluding hydrogens is 544 g/mol. The summed E-state index contributed by atoms with van der Waals surface area (Å²) < 4.78 is 0. The van der Waals surface area contributed by atoms with Gasteiger partial charge >= 0.3 is 0 Å². The monoisotopic (exact) mass is 586 g/mol. The van der Waals surface area contributed by atoms with Crippen molar-refractivity contribution >= 4 is 23.1 Å². The highest BCUT2D eigenvalue weighted by Gasteiger charge is 2.72. The topological polar surface area (TPSA) is 132 Å². The van der Waals surface area contributed by atoms with Gasteiger partial charge in [0.15, 0.2) is 17.2 Å². The van der Waals surface area contributed by atoms with E-state index in [-0.39, 0.29) is 41.6 Å². The largest absolute Gasteiger partial charge is 0.508 e. The van der Waals surface area contributed by atoms with E-state index in [4.69, 9.17) is 0 Å². The third-order valence-corrected chi connectivity index (χ3v) is 10.3. The number of carbonyl (C=O) groups excluding carboxylic acids is 3. The molecule has 0 aromatic heterocycles. The number of Topliss-reactive ketones (excluding diaryl/α,β-unsaturated/α-hetero) is 3. The first kappa shape index (κ1) is 30.7. The maximum absolute atomic E-state index is 14.6. The summed E-state index contributed by atoms with van der Waals surface area (Å²) in [4.78, 5) is 40.9. The van der Waals surface area contributed by atoms with Crippen molar-refractivity contribution in [2.24, 2.45) is 22.7 Å². The van der Waals surface area contributed by atoms with Crippen LogP contribution in [0.3, 0.4) is 0 Å². The predicted molar refractivity (Wildman–Crippen MR) is 165 cm³/mol. The zero-order valence-electron chi connectivity index (χ0n) is 26.3. The number of rotatable bonds is 5. The molecule has 1 unspecified atom stereocenters. The Morgan fingerprint density at radius 1 is 1.02 bits per heavy atom. The number of allylic oxidation sites excluding steroid dienone is 1. The van der Waals surface area contributed by atoms with E-state index < -0.39 is 56.8 Å². The zero-order chi connectivity index (χ0) is 32.0. The molecule has 3 aliphatic rings. The second kappa shape index (κ2) is 9.91. The van der Waals surface area contributed by atoms with Crippen LogP contribution in [0.4, 0.5) is 0 Å². The lowest BCUT2D eigenvalue weighted by Crippen LogP contribution is -2.69. The third-order valence-electron chi connectivity index (χ3n) is 10.3. The van der Waals surface area contributed by atoms with E-state index in [2.05, 4.69) is 6.92 Å². The molecule has 7 nitrogen and oxygen atoms in total. The molecule has 1 saturated carbocycles. The van der Waals surface area contributed by atoms with Crippen LogP contribution in [0.15, 0.2) is 47.2 Å². The van der Waals surface area contributed by atoms with Gasteiger partial charge in [-0.15, -0.1) is 0 Å². The van der Waals surface area contributed by atoms with Crippen LogP contribution in [-0.2, 0) is 27.2 Å². The Bertz CT molecular complexity index is 1640. The minimum absolute atomic E-state index is 0.0116. The minimum atomic E-state index is -2.62. The van der Waals surface area contributed by atoms with Crippen molar-refractivity contribution in [2.75, 3.05) is 0 Å². The molecule has 0 amide bonds. The molecule has 1 fully saturated rings. The van der Waals surface area contributed by atoms with E-state index in [0.29, 0.717) is 11.1 Å². The van der Waals surface area contributed by atoms with Crippen LogP contribution >= 0.6 is 0 Å². The molecule has 2 aromatic carbocycles. The standard InChI is InChI=1S/C36H42O7/c1-9-20-10-12-21(13-11-20)23-14-22(17(2)3)24-15-34(7)16-35(8)27(18(4)5)30(39)25(19(6)37)32(41)36(35,43)33(42)28(34)31(40)26(24)29(23)38/h10-14,17-18,27,38,40-41,43H,9,15-16H2,1-8H3/t27?,34-,35-,36+/m1/s1. The number of aliphatic hydroxyl groups is 3. The summed E-state index contributed by atoms with van der Waals surface area (Å²) in [6.45, 7) is 14.3. The molecule has 3 aliphatic carbocycles. The fourth-order valence-corrected chi connectivity index (χ4v) is 8.47. The number of carbonyl (C=O) groups is 3. The normalized spacial score (nSPS) is 28.8. The molecule has 7 heteroatoms. The Hall–Kier alpha value is -3.71. The van der Waals surface area contributed by atoms with Gasteiger partial charge < -0.3 is 20.4 Å². The first-order valence-corrected chi connectivity index (χ1v) is 15.1. The van der Waals surface area contributed by atoms with Crippen LogP contribution < -0.4 is 0 Å². The van der Waals surface area contributed by atoms with Crippen molar-refractivity contribution in [3.63, 3.8) is 0 Å². The number of phenols is 1. The molecule has 5 rings (SSSR count). The first-order valence-electron chi connectivity index (χ1n) is 15.1. The predicted octanol–water partition coefficient (Wildman–Crippen LogP) is 6.54. The van der Waals surface area contributed by atoms with Crippen LogP contribution in [0.5, 0.6) is 5.75 Å². The minimum Gasteiger partial charge on any atom is -0.508 e. The van der Waals surface area contributed by atoms with Crippen molar-refractivity contribution in [1.82, 2.24) is 0 Å². The van der Waals surface area contributed by atoms with Crippen LogP contribution in [0.2, 0.25) is 0 Å². The molecule has 2 aromatic rings. The number of fused-ring (bicyclic) bond motifs is 3. The lowest BCUT2D eigenvalue weighted by molar-refractivity contribution is -0.178. The van der Waals surface area contributed by atoms with Crippen molar-refractivity contribution in [3.05, 3.63) is 69.5 Å². The van der Waals surface area contributed by atoms with Crippen LogP contribution in [-0.4, -0.2) is 43.4 Å². The summed E-state index contributed by atoms with van der Waals surface area (Å²) in [5, 5.41) is 47.3. The van der Waals surface area contributed by atoms with Crippen LogP contribution in [0.1, 0.15) is 90.0 Å². The van der Waals surface area contributed by atoms with Gasteiger partial charge in [-0.25, -0.2) is 0 Å². The average molecular weight is 587 g/mol. The number of aryl methyl sites for hydroxylation is 1. The van der Waals surface area contributed by atoms with Crippen molar-refractivity contribution in [1.29, 1.82) is 0 Å². The highest BCUT2D eigenvalue weighted by molar-refractivity contribution is 6.24. The van der Waals surface area contributed by atoms with E-state index in [9.17, 15) is 34.8 Å². The van der Waals surface area contributed by atoms with E-state index in [1.165, 1.54) is 0 Å². The van der Waals surface area contributed by atoms with Gasteiger partial charge in [-0.1, -0.05) is 72.7 Å². The van der Waals surface area contributed by atoms with Crippen molar-refractivity contribution < 1.29 is 34.8 Å². The van der Waals surface area contributed by atoms with Gasteiger partial charge in [-0.2, -0.15) is 0 Å². The molecular formula is C36H42O7. The van der Waals surface area contributed by atoms with E-state index in [1.54, 1.807) is 20.8 Å². The summed E-state index contributed by atoms with van der Waals surface area (Å²) in [6.07, 6.45) is 1.20. The number of hydrogen-bond donors (Lipinski definition) is 4. The van der Waals surface area contributed by atoms with E-state index >= 15 is 0 Å². The molecule has 0 bridgehead atoms. The van der Waals surface area contributed by atoms with Crippen LogP contribution in [0.25, 0.3) is 16.9 Å². The van der Waals surface area contributed by atoms with Gasteiger partial charge in [-0.3, -0.25) is 14.4 Å². The Morgan fingerprint density at radius 3 is 2.14 bits per heavy atom. The second-order valence-electron chi connectivity index (χ2n) is 13.9. The van der Waals surface area contributed by atoms with Gasteiger partial charge in [-0.05, 0) is 66.3 Å². The highest BCUT2D eigenvalue weighted by atomic mass is 16.3. The molecule has 0 saturated heterocycles. The molecule has 43 heavy (non-hydrogen) atoms. The van der Waals surface area contributed by atoms with Gasteiger partial charge in [0.05, 0.1) is 5.56 Å². The van der Waals surface area contributed by atoms with Crippen molar-refractivity contribution in [2.45, 2.75) is 86.2 Å². The number of benzene rings is 2. The summed E-state index contributed by atoms with van der Waals surface area (Å²) in [7, 11) is 0. The molecule has 228 valence electrons. The number of ketones is 3. The molecule has 0 radical (unpaired) electrons. The maximum atomic E-state index is 14.6. The highest BCUT2D eigenvalue weighted by Crippen LogP contribution is 2.65. The molecule has 0 aliphatic heterocycles. The Labute approximate surface area is 253 Å². The zero-order valence-corrected chi connectivity index (χ0v) is 26.3. The fourth-order valence-electron chi connectivity index (χ4n) is 8.47. The smallest absolute Gasteiger partial charge is 0.203 e. The second-order valence-corrected chi connectivity index (χ2v) is 13.9. The molecule has 0 heterocycles. The van der Waals surface area contributed by atoms with E-state index in [1.807, 2.05) is 51.1 Å². The lowest BCUT2D eigenvalue weighted by Gasteiger charge is -2.59. The van der Waals surface area contributed by atoms with E-state index in [0.717, 1.165) is 30.0 Å². The summed E-state index contributed by atoms with van der Waals surface area (Å²) in [5.74, 6) is -5.16. The maximum Gasteiger partial charge on any atom is 0.203 e. The quantitative estimate of drug-likeness (QED) is 0.292. The Kier molecular flexibility index (Phi) is 7.09.